The number of furan rings is 1. The minimum atomic E-state index is -0.465. The van der Waals surface area contributed by atoms with E-state index in [1.165, 1.54) is 11.1 Å². The van der Waals surface area contributed by atoms with Gasteiger partial charge in [-0.15, -0.1) is 0 Å². The minimum absolute atomic E-state index is 0.361. The highest BCUT2D eigenvalue weighted by molar-refractivity contribution is 5.67. The lowest BCUT2D eigenvalue weighted by molar-refractivity contribution is 0.0527. The Morgan fingerprint density at radius 3 is 2.60 bits per heavy atom. The summed E-state index contributed by atoms with van der Waals surface area (Å²) >= 11 is 0. The maximum atomic E-state index is 11.7. The van der Waals surface area contributed by atoms with Crippen LogP contribution in [0.5, 0.6) is 0 Å². The highest BCUT2D eigenvalue weighted by Crippen LogP contribution is 2.27. The highest BCUT2D eigenvalue weighted by atomic mass is 16.6. The van der Waals surface area contributed by atoms with Crippen LogP contribution in [0.3, 0.4) is 0 Å². The molecule has 0 radical (unpaired) electrons. The van der Waals surface area contributed by atoms with Gasteiger partial charge in [-0.1, -0.05) is 19.9 Å². The summed E-state index contributed by atoms with van der Waals surface area (Å²) in [6.07, 6.45) is 3.09. The van der Waals surface area contributed by atoms with E-state index < -0.39 is 5.60 Å². The maximum absolute atomic E-state index is 11.7. The van der Waals surface area contributed by atoms with Gasteiger partial charge in [0.1, 0.15) is 11.4 Å². The third-order valence-electron chi connectivity index (χ3n) is 3.80. The van der Waals surface area contributed by atoms with Gasteiger partial charge in [0.05, 0.1) is 6.26 Å². The van der Waals surface area contributed by atoms with Gasteiger partial charge in [0.15, 0.2) is 0 Å². The molecule has 1 heterocycles. The quantitative estimate of drug-likeness (QED) is 0.702. The van der Waals surface area contributed by atoms with Gasteiger partial charge < -0.3 is 14.5 Å². The van der Waals surface area contributed by atoms with E-state index in [1.54, 1.807) is 6.26 Å². The first-order chi connectivity index (χ1) is 11.7. The topological polar surface area (TPSA) is 51.5 Å². The van der Waals surface area contributed by atoms with E-state index in [2.05, 4.69) is 37.4 Å². The second kappa shape index (κ2) is 8.24. The summed E-state index contributed by atoms with van der Waals surface area (Å²) < 4.78 is 10.8. The van der Waals surface area contributed by atoms with Crippen LogP contribution in [-0.4, -0.2) is 18.2 Å². The number of carbonyl (C=O) groups is 1. The summed E-state index contributed by atoms with van der Waals surface area (Å²) in [6.45, 7) is 10.6. The third kappa shape index (κ3) is 6.29. The summed E-state index contributed by atoms with van der Waals surface area (Å²) in [7, 11) is 0. The van der Waals surface area contributed by atoms with E-state index in [0.29, 0.717) is 12.5 Å². The summed E-state index contributed by atoms with van der Waals surface area (Å²) in [5.41, 5.74) is 3.19. The lowest BCUT2D eigenvalue weighted by Crippen LogP contribution is -2.33. The number of alkyl carbamates (subject to hydrolysis) is 1. The Balaban J connectivity index is 1.96. The number of nitrogens with one attached hydrogen (secondary N) is 1. The molecule has 0 atom stereocenters. The van der Waals surface area contributed by atoms with Gasteiger partial charge in [-0.25, -0.2) is 4.79 Å². The van der Waals surface area contributed by atoms with Crippen LogP contribution in [0.2, 0.25) is 0 Å². The molecule has 0 aliphatic carbocycles. The molecule has 1 aromatic carbocycles. The number of benzene rings is 1. The minimum Gasteiger partial charge on any atom is -0.464 e. The average molecular weight is 343 g/mol. The number of ether oxygens (including phenoxy) is 1. The molecular formula is C21H29NO3. The van der Waals surface area contributed by atoms with Crippen molar-refractivity contribution in [3.8, 4) is 11.3 Å². The van der Waals surface area contributed by atoms with Crippen molar-refractivity contribution in [1.29, 1.82) is 0 Å². The molecule has 0 aliphatic heterocycles. The second-order valence-electron chi connectivity index (χ2n) is 7.63. The van der Waals surface area contributed by atoms with Crippen molar-refractivity contribution < 1.29 is 13.9 Å². The molecule has 0 bridgehead atoms. The first-order valence-electron chi connectivity index (χ1n) is 8.89. The number of aryl methyl sites for hydroxylation is 1. The molecule has 1 aromatic heterocycles. The Morgan fingerprint density at radius 1 is 1.24 bits per heavy atom. The molecule has 4 nitrogen and oxygen atoms in total. The van der Waals surface area contributed by atoms with Crippen LogP contribution in [-0.2, 0) is 11.2 Å². The van der Waals surface area contributed by atoms with E-state index in [0.717, 1.165) is 24.2 Å². The Kier molecular flexibility index (Phi) is 6.29. The molecule has 0 spiro atoms. The van der Waals surface area contributed by atoms with Crippen molar-refractivity contribution in [2.45, 2.75) is 59.0 Å². The van der Waals surface area contributed by atoms with E-state index in [9.17, 15) is 4.79 Å². The van der Waals surface area contributed by atoms with Crippen molar-refractivity contribution >= 4 is 6.09 Å². The van der Waals surface area contributed by atoms with Crippen molar-refractivity contribution in [3.05, 3.63) is 47.7 Å². The normalized spacial score (nSPS) is 11.6. The summed E-state index contributed by atoms with van der Waals surface area (Å²) in [6, 6.07) is 10.5. The van der Waals surface area contributed by atoms with Crippen LogP contribution in [0.15, 0.2) is 41.0 Å². The molecule has 0 unspecified atom stereocenters. The SMILES string of the molecule is CC(C)c1cc(CCCNC(=O)OC(C)(C)C)cc(-c2ccco2)c1. The molecule has 0 saturated carbocycles. The van der Waals surface area contributed by atoms with E-state index in [4.69, 9.17) is 9.15 Å². The van der Waals surface area contributed by atoms with Crippen LogP contribution in [0.4, 0.5) is 4.79 Å². The average Bonchev–Trinajstić information content (AvgIpc) is 3.04. The van der Waals surface area contributed by atoms with Gasteiger partial charge in [-0.05, 0) is 74.9 Å². The van der Waals surface area contributed by atoms with Crippen LogP contribution in [0.1, 0.15) is 58.1 Å². The Labute approximate surface area is 150 Å². The van der Waals surface area contributed by atoms with Gasteiger partial charge in [0.2, 0.25) is 0 Å². The van der Waals surface area contributed by atoms with Crippen LogP contribution >= 0.6 is 0 Å². The largest absolute Gasteiger partial charge is 0.464 e. The summed E-state index contributed by atoms with van der Waals surface area (Å²) in [5, 5.41) is 2.81. The second-order valence-corrected chi connectivity index (χ2v) is 7.63. The van der Waals surface area contributed by atoms with E-state index in [1.807, 2.05) is 32.9 Å². The standard InChI is InChI=1S/C21H29NO3/c1-15(2)17-12-16(13-18(14-17)19-9-7-11-24-19)8-6-10-22-20(23)25-21(3,4)5/h7,9,11-15H,6,8,10H2,1-5H3,(H,22,23). The molecule has 1 amide bonds. The predicted octanol–water partition coefficient (Wildman–Crippen LogP) is 5.53. The molecule has 0 saturated heterocycles. The molecular weight excluding hydrogens is 314 g/mol. The fourth-order valence-electron chi connectivity index (χ4n) is 2.58. The van der Waals surface area contributed by atoms with Crippen molar-refractivity contribution in [2.24, 2.45) is 0 Å². The molecule has 2 rings (SSSR count). The van der Waals surface area contributed by atoms with Gasteiger partial charge in [-0.3, -0.25) is 0 Å². The smallest absolute Gasteiger partial charge is 0.407 e. The number of rotatable bonds is 6. The number of hydrogen-bond acceptors (Lipinski definition) is 3. The Bertz CT molecular complexity index is 682. The van der Waals surface area contributed by atoms with Crippen LogP contribution < -0.4 is 5.32 Å². The van der Waals surface area contributed by atoms with Crippen LogP contribution in [0.25, 0.3) is 11.3 Å². The van der Waals surface area contributed by atoms with Crippen molar-refractivity contribution in [1.82, 2.24) is 5.32 Å². The van der Waals surface area contributed by atoms with Gasteiger partial charge in [0, 0.05) is 12.1 Å². The fourth-order valence-corrected chi connectivity index (χ4v) is 2.58. The number of hydrogen-bond donors (Lipinski definition) is 1. The summed E-state index contributed by atoms with van der Waals surface area (Å²) in [5.74, 6) is 1.34. The monoisotopic (exact) mass is 343 g/mol. The summed E-state index contributed by atoms with van der Waals surface area (Å²) in [4.78, 5) is 11.7. The number of amides is 1. The first-order valence-corrected chi connectivity index (χ1v) is 8.89. The molecule has 0 fully saturated rings. The molecule has 4 heteroatoms. The highest BCUT2D eigenvalue weighted by Gasteiger charge is 2.15. The van der Waals surface area contributed by atoms with E-state index in [-0.39, 0.29) is 6.09 Å². The maximum Gasteiger partial charge on any atom is 0.407 e. The van der Waals surface area contributed by atoms with E-state index >= 15 is 0 Å². The first kappa shape index (κ1) is 19.1. The Hall–Kier alpha value is -2.23. The van der Waals surface area contributed by atoms with Gasteiger partial charge in [0.25, 0.3) is 0 Å². The van der Waals surface area contributed by atoms with Crippen molar-refractivity contribution in [2.75, 3.05) is 6.54 Å². The van der Waals surface area contributed by atoms with Gasteiger partial charge >= 0.3 is 6.09 Å². The molecule has 1 N–H and O–H groups in total. The fraction of sp³-hybridized carbons (Fsp3) is 0.476. The molecule has 25 heavy (non-hydrogen) atoms. The lowest BCUT2D eigenvalue weighted by Gasteiger charge is -2.19. The lowest BCUT2D eigenvalue weighted by atomic mass is 9.95. The zero-order chi connectivity index (χ0) is 18.4. The zero-order valence-corrected chi connectivity index (χ0v) is 15.9. The third-order valence-corrected chi connectivity index (χ3v) is 3.80. The van der Waals surface area contributed by atoms with Crippen molar-refractivity contribution in [3.63, 3.8) is 0 Å². The molecule has 2 aromatic rings. The predicted molar refractivity (Wildman–Crippen MR) is 101 cm³/mol. The molecule has 136 valence electrons. The van der Waals surface area contributed by atoms with Crippen LogP contribution in [0, 0.1) is 0 Å². The van der Waals surface area contributed by atoms with Gasteiger partial charge in [-0.2, -0.15) is 0 Å². The number of carbonyl (C=O) groups excluding carboxylic acids is 1. The Morgan fingerprint density at radius 2 is 2.00 bits per heavy atom. The molecule has 0 aliphatic rings. The zero-order valence-electron chi connectivity index (χ0n) is 15.9.